The Labute approximate surface area is 188 Å². The van der Waals surface area contributed by atoms with Crippen molar-refractivity contribution in [2.24, 2.45) is 0 Å². The third-order valence-electron chi connectivity index (χ3n) is 5.45. The molecular formula is C23H26FN5O2S. The van der Waals surface area contributed by atoms with Gasteiger partial charge in [0.15, 0.2) is 0 Å². The number of sulfonamides is 1. The summed E-state index contributed by atoms with van der Waals surface area (Å²) in [6.07, 6.45) is 0.986. The summed E-state index contributed by atoms with van der Waals surface area (Å²) in [5.74, 6) is 0.797. The highest BCUT2D eigenvalue weighted by Crippen LogP contribution is 2.22. The Morgan fingerprint density at radius 2 is 1.62 bits per heavy atom. The van der Waals surface area contributed by atoms with Crippen LogP contribution in [-0.2, 0) is 16.4 Å². The van der Waals surface area contributed by atoms with Gasteiger partial charge in [-0.25, -0.2) is 17.8 Å². The van der Waals surface area contributed by atoms with Crippen molar-refractivity contribution in [1.82, 2.24) is 14.3 Å². The Hall–Kier alpha value is -3.04. The lowest BCUT2D eigenvalue weighted by molar-refractivity contribution is 0.382. The van der Waals surface area contributed by atoms with Crippen LogP contribution >= 0.6 is 0 Å². The first-order valence-corrected chi connectivity index (χ1v) is 12.0. The van der Waals surface area contributed by atoms with E-state index in [0.29, 0.717) is 37.9 Å². The molecule has 1 aromatic heterocycles. The number of halogens is 1. The van der Waals surface area contributed by atoms with Gasteiger partial charge in [0.25, 0.3) is 0 Å². The molecule has 1 saturated heterocycles. The number of hydrogen-bond donors (Lipinski definition) is 1. The fraction of sp³-hybridized carbons (Fsp3) is 0.304. The normalized spacial score (nSPS) is 15.0. The monoisotopic (exact) mass is 455 g/mol. The molecule has 0 aliphatic carbocycles. The van der Waals surface area contributed by atoms with E-state index < -0.39 is 15.8 Å². The molecule has 7 nitrogen and oxygen atoms in total. The van der Waals surface area contributed by atoms with Crippen LogP contribution in [0.4, 0.5) is 21.8 Å². The molecule has 1 N–H and O–H groups in total. The molecule has 32 heavy (non-hydrogen) atoms. The first-order valence-electron chi connectivity index (χ1n) is 10.6. The summed E-state index contributed by atoms with van der Waals surface area (Å²) < 4.78 is 40.3. The molecule has 1 aliphatic heterocycles. The van der Waals surface area contributed by atoms with Crippen molar-refractivity contribution in [2.75, 3.05) is 36.4 Å². The van der Waals surface area contributed by atoms with Gasteiger partial charge in [-0.05, 0) is 55.3 Å². The summed E-state index contributed by atoms with van der Waals surface area (Å²) in [6.45, 7) is 5.57. The molecule has 1 aliphatic rings. The first kappa shape index (κ1) is 22.2. The Kier molecular flexibility index (Phi) is 6.38. The van der Waals surface area contributed by atoms with Gasteiger partial charge in [0.1, 0.15) is 11.6 Å². The van der Waals surface area contributed by atoms with E-state index in [9.17, 15) is 12.8 Å². The number of anilines is 3. The maximum Gasteiger partial charge on any atom is 0.243 e. The molecule has 0 bridgehead atoms. The Morgan fingerprint density at radius 1 is 0.969 bits per heavy atom. The predicted octanol–water partition coefficient (Wildman–Crippen LogP) is 3.74. The van der Waals surface area contributed by atoms with Crippen LogP contribution < -0.4 is 10.2 Å². The zero-order chi connectivity index (χ0) is 22.7. The van der Waals surface area contributed by atoms with Gasteiger partial charge in [-0.2, -0.15) is 9.29 Å². The second kappa shape index (κ2) is 9.22. The minimum Gasteiger partial charge on any atom is -0.340 e. The van der Waals surface area contributed by atoms with Gasteiger partial charge in [0, 0.05) is 43.6 Å². The highest BCUT2D eigenvalue weighted by Gasteiger charge is 2.29. The van der Waals surface area contributed by atoms with Gasteiger partial charge in [-0.15, -0.1) is 0 Å². The molecule has 2 aromatic carbocycles. The number of nitrogens with one attached hydrogen (secondary N) is 1. The lowest BCUT2D eigenvalue weighted by Gasteiger charge is -2.34. The van der Waals surface area contributed by atoms with Crippen LogP contribution in [-0.4, -0.2) is 48.9 Å². The van der Waals surface area contributed by atoms with Gasteiger partial charge >= 0.3 is 0 Å². The standard InChI is InChI=1S/C23H26FN5O2S/c1-3-18-4-8-20(9-5-18)26-22-16-17(2)25-23(27-22)28-12-14-29(15-13-28)32(30,31)21-10-6-19(24)7-11-21/h4-11,16H,3,12-15H2,1-2H3,(H,25,26,27). The zero-order valence-corrected chi connectivity index (χ0v) is 18.9. The van der Waals surface area contributed by atoms with E-state index in [2.05, 4.69) is 34.3 Å². The van der Waals surface area contributed by atoms with Gasteiger partial charge in [0.2, 0.25) is 16.0 Å². The summed E-state index contributed by atoms with van der Waals surface area (Å²) in [6, 6.07) is 15.0. The van der Waals surface area contributed by atoms with Crippen molar-refractivity contribution in [3.05, 3.63) is 71.7 Å². The summed E-state index contributed by atoms with van der Waals surface area (Å²) in [5, 5.41) is 3.32. The number of hydrogen-bond acceptors (Lipinski definition) is 6. The van der Waals surface area contributed by atoms with E-state index in [1.165, 1.54) is 22.0 Å². The molecule has 0 atom stereocenters. The van der Waals surface area contributed by atoms with E-state index in [-0.39, 0.29) is 4.90 Å². The van der Waals surface area contributed by atoms with Crippen LogP contribution in [0.2, 0.25) is 0 Å². The quantitative estimate of drug-likeness (QED) is 0.610. The minimum absolute atomic E-state index is 0.0970. The Balaban J connectivity index is 1.45. The van der Waals surface area contributed by atoms with Crippen molar-refractivity contribution < 1.29 is 12.8 Å². The highest BCUT2D eigenvalue weighted by molar-refractivity contribution is 7.89. The van der Waals surface area contributed by atoms with Crippen molar-refractivity contribution in [3.63, 3.8) is 0 Å². The second-order valence-electron chi connectivity index (χ2n) is 7.72. The van der Waals surface area contributed by atoms with E-state index in [0.717, 1.165) is 29.9 Å². The average molecular weight is 456 g/mol. The van der Waals surface area contributed by atoms with Crippen LogP contribution in [0.5, 0.6) is 0 Å². The van der Waals surface area contributed by atoms with Crippen LogP contribution in [0.1, 0.15) is 18.2 Å². The van der Waals surface area contributed by atoms with E-state index in [4.69, 9.17) is 0 Å². The lowest BCUT2D eigenvalue weighted by Crippen LogP contribution is -2.49. The van der Waals surface area contributed by atoms with Gasteiger partial charge in [-0.3, -0.25) is 0 Å². The minimum atomic E-state index is -3.66. The molecule has 168 valence electrons. The third-order valence-corrected chi connectivity index (χ3v) is 7.36. The van der Waals surface area contributed by atoms with Crippen LogP contribution in [0.3, 0.4) is 0 Å². The maximum atomic E-state index is 13.2. The molecule has 0 spiro atoms. The highest BCUT2D eigenvalue weighted by atomic mass is 32.2. The van der Waals surface area contributed by atoms with E-state index in [1.54, 1.807) is 0 Å². The number of benzene rings is 2. The maximum absolute atomic E-state index is 13.2. The number of rotatable bonds is 6. The second-order valence-corrected chi connectivity index (χ2v) is 9.65. The lowest BCUT2D eigenvalue weighted by atomic mass is 10.1. The molecule has 0 amide bonds. The summed E-state index contributed by atoms with van der Waals surface area (Å²) in [4.78, 5) is 11.3. The fourth-order valence-electron chi connectivity index (χ4n) is 3.61. The van der Waals surface area contributed by atoms with E-state index in [1.807, 2.05) is 30.0 Å². The van der Waals surface area contributed by atoms with Crippen molar-refractivity contribution >= 4 is 27.5 Å². The Morgan fingerprint density at radius 3 is 2.25 bits per heavy atom. The largest absolute Gasteiger partial charge is 0.340 e. The molecular weight excluding hydrogens is 429 g/mol. The van der Waals surface area contributed by atoms with Crippen LogP contribution in [0.15, 0.2) is 59.5 Å². The molecule has 0 radical (unpaired) electrons. The molecule has 9 heteroatoms. The predicted molar refractivity (Wildman–Crippen MR) is 123 cm³/mol. The summed E-state index contributed by atoms with van der Waals surface area (Å²) in [5.41, 5.74) is 3.04. The third kappa shape index (κ3) is 4.89. The van der Waals surface area contributed by atoms with Crippen LogP contribution in [0, 0.1) is 12.7 Å². The van der Waals surface area contributed by atoms with E-state index >= 15 is 0 Å². The SMILES string of the molecule is CCc1ccc(Nc2cc(C)nc(N3CCN(S(=O)(=O)c4ccc(F)cc4)CC3)n2)cc1. The molecule has 3 aromatic rings. The molecule has 4 rings (SSSR count). The number of aryl methyl sites for hydroxylation is 2. The average Bonchev–Trinajstić information content (AvgIpc) is 2.79. The summed E-state index contributed by atoms with van der Waals surface area (Å²) in [7, 11) is -3.66. The van der Waals surface area contributed by atoms with Gasteiger partial charge < -0.3 is 10.2 Å². The smallest absolute Gasteiger partial charge is 0.243 e. The van der Waals surface area contributed by atoms with Crippen molar-refractivity contribution in [3.8, 4) is 0 Å². The first-order chi connectivity index (χ1) is 15.3. The topological polar surface area (TPSA) is 78.4 Å². The zero-order valence-electron chi connectivity index (χ0n) is 18.1. The Bertz CT molecular complexity index is 1180. The van der Waals surface area contributed by atoms with Crippen molar-refractivity contribution in [2.45, 2.75) is 25.2 Å². The molecule has 2 heterocycles. The molecule has 0 unspecified atom stereocenters. The molecule has 1 fully saturated rings. The van der Waals surface area contributed by atoms with Gasteiger partial charge in [0.05, 0.1) is 4.90 Å². The van der Waals surface area contributed by atoms with Crippen molar-refractivity contribution in [1.29, 1.82) is 0 Å². The number of aromatic nitrogens is 2. The molecule has 0 saturated carbocycles. The van der Waals surface area contributed by atoms with Gasteiger partial charge in [-0.1, -0.05) is 19.1 Å². The summed E-state index contributed by atoms with van der Waals surface area (Å²) >= 11 is 0. The van der Waals surface area contributed by atoms with Crippen LogP contribution in [0.25, 0.3) is 0 Å². The number of nitrogens with zero attached hydrogens (tertiary/aromatic N) is 4. The number of piperazine rings is 1. The fourth-order valence-corrected chi connectivity index (χ4v) is 5.04.